The summed E-state index contributed by atoms with van der Waals surface area (Å²) in [4.78, 5) is -3.35. The monoisotopic (exact) mass is 328 g/mol. The van der Waals surface area contributed by atoms with Crippen LogP contribution in [-0.4, -0.2) is 41.4 Å². The lowest BCUT2D eigenvalue weighted by atomic mass is 10.7. The predicted molar refractivity (Wildman–Crippen MR) is 29.2 cm³/mol. The Morgan fingerprint density at radius 1 is 0.895 bits per heavy atom. The zero-order valence-corrected chi connectivity index (χ0v) is 9.65. The van der Waals surface area contributed by atoms with Crippen LogP contribution < -0.4 is 18.6 Å². The molecule has 0 radical (unpaired) electrons. The molecule has 9 nitrogen and oxygen atoms in total. The molecule has 0 aromatic rings. The van der Waals surface area contributed by atoms with E-state index >= 15 is 0 Å². The van der Waals surface area contributed by atoms with Crippen LogP contribution >= 0.6 is 0 Å². The molecule has 0 N–H and O–H groups in total. The van der Waals surface area contributed by atoms with Crippen molar-refractivity contribution in [2.45, 2.75) is 0 Å². The van der Waals surface area contributed by atoms with Crippen LogP contribution in [-0.2, 0) is 4.74 Å². The van der Waals surface area contributed by atoms with Gasteiger partial charge in [-0.15, -0.1) is 10.2 Å². The summed E-state index contributed by atoms with van der Waals surface area (Å²) in [5, 5.41) is 0. The topological polar surface area (TPSA) is 111 Å². The maximum Gasteiger partial charge on any atom is 0.251 e. The number of rotatable bonds is 6. The van der Waals surface area contributed by atoms with Crippen molar-refractivity contribution >= 4 is 0 Å². The lowest BCUT2D eigenvalue weighted by Crippen LogP contribution is -2.68. The quantitative estimate of drug-likeness (QED) is 0.215. The van der Waals surface area contributed by atoms with Gasteiger partial charge in [-0.3, -0.25) is 0 Å². The first-order valence-electron chi connectivity index (χ1n) is 3.74. The highest BCUT2D eigenvalue weighted by Gasteiger charge is 2.57. The van der Waals surface area contributed by atoms with Gasteiger partial charge in [0.25, 0.3) is 16.4 Å². The van der Waals surface area contributed by atoms with Crippen molar-refractivity contribution in [3.8, 4) is 0 Å². The third kappa shape index (κ3) is 8.31. The Labute approximate surface area is 103 Å². The molecule has 0 aliphatic heterocycles. The van der Waals surface area contributed by atoms with Gasteiger partial charge in [0.1, 0.15) is 6.61 Å². The highest BCUT2D eigenvalue weighted by Crippen LogP contribution is 2.25. The molecule has 0 fully saturated rings. The fourth-order valence-corrected chi connectivity index (χ4v) is 0.594. The molecule has 0 bridgehead atoms. The molecule has 0 heterocycles. The van der Waals surface area contributed by atoms with Crippen LogP contribution in [0, 0.1) is 10.2 Å². The van der Waals surface area contributed by atoms with Crippen LogP contribution in [0.3, 0.4) is 0 Å². The molecule has 0 saturated carbocycles. The Kier molecular flexibility index (Phi) is 9.46. The van der Waals surface area contributed by atoms with E-state index in [9.17, 15) is 26.9 Å². The van der Waals surface area contributed by atoms with Gasteiger partial charge in [-0.2, -0.15) is 0 Å². The Hall–Kier alpha value is -0.490. The van der Waals surface area contributed by atoms with Gasteiger partial charge in [-0.1, -0.05) is 0 Å². The second-order valence-electron chi connectivity index (χ2n) is 2.43. The normalized spacial score (nSPS) is 12.9. The van der Waals surface area contributed by atoms with Gasteiger partial charge in [0.2, 0.25) is 0 Å². The molecule has 0 aliphatic rings. The molecule has 0 unspecified atom stereocenters. The van der Waals surface area contributed by atoms with E-state index in [4.69, 9.17) is 18.6 Å². The SMILES string of the molecule is COCC[N+](N(F)F)(N(F)F)N(F)F.[O-][Cl+3]([O-])([O-])[O-]. The minimum Gasteiger partial charge on any atom is -0.379 e. The maximum absolute atomic E-state index is 11.9. The van der Waals surface area contributed by atoms with Crippen LogP contribution in [0.25, 0.3) is 0 Å². The number of methoxy groups -OCH3 is 1. The summed E-state index contributed by atoms with van der Waals surface area (Å²) in [7, 11) is -3.95. The average Bonchev–Trinajstić information content (AvgIpc) is 2.14. The fourth-order valence-electron chi connectivity index (χ4n) is 0.594. The van der Waals surface area contributed by atoms with Crippen LogP contribution in [0.2, 0.25) is 0 Å². The molecule has 0 aromatic heterocycles. The van der Waals surface area contributed by atoms with Crippen molar-refractivity contribution in [2.75, 3.05) is 20.3 Å². The predicted octanol–water partition coefficient (Wildman–Crippen LogP) is -3.35. The summed E-state index contributed by atoms with van der Waals surface area (Å²) >= 11 is 0. The molecule has 0 spiro atoms. The Morgan fingerprint density at radius 3 is 1.32 bits per heavy atom. The number of ether oxygens (including phenoxy) is 1. The molecule has 0 aromatic carbocycles. The van der Waals surface area contributed by atoms with Crippen molar-refractivity contribution in [1.29, 1.82) is 0 Å². The van der Waals surface area contributed by atoms with Crippen LogP contribution in [0.5, 0.6) is 0 Å². The third-order valence-electron chi connectivity index (χ3n) is 1.32. The lowest BCUT2D eigenvalue weighted by Gasteiger charge is -2.28. The van der Waals surface area contributed by atoms with Crippen molar-refractivity contribution in [3.63, 3.8) is 0 Å². The molecule has 16 heteroatoms. The lowest BCUT2D eigenvalue weighted by molar-refractivity contribution is -2.00. The molecule has 118 valence electrons. The van der Waals surface area contributed by atoms with Gasteiger partial charge >= 0.3 is 0 Å². The maximum atomic E-state index is 11.9. The summed E-state index contributed by atoms with van der Waals surface area (Å²) in [6, 6.07) is 0. The fraction of sp³-hybridized carbons (Fsp3) is 1.00. The van der Waals surface area contributed by atoms with Gasteiger partial charge in [-0.05, 0) is 26.9 Å². The smallest absolute Gasteiger partial charge is 0.251 e. The van der Waals surface area contributed by atoms with Crippen LogP contribution in [0.4, 0.5) is 26.9 Å². The minimum absolute atomic E-state index is 0.709. The van der Waals surface area contributed by atoms with Gasteiger partial charge in [0.15, 0.2) is 6.54 Å². The zero-order valence-electron chi connectivity index (χ0n) is 8.89. The minimum atomic E-state index is -4.94. The summed E-state index contributed by atoms with van der Waals surface area (Å²) in [6.45, 7) is -2.07. The van der Waals surface area contributed by atoms with Gasteiger partial charge in [0.05, 0.1) is 4.81 Å². The molecule has 0 saturated heterocycles. The molecular formula is C3H7ClF6N4O5. The standard InChI is InChI=1S/C3H7F6N4O.ClHO4/c1-14-3-2-13(10(4)5,11(6)7)12(8)9;2-1(3,4)5/h2-3H2,1H3;(H,2,3,4,5)/q+1;/p-1. The highest BCUT2D eigenvalue weighted by molar-refractivity contribution is 4.20. The molecule has 19 heavy (non-hydrogen) atoms. The van der Waals surface area contributed by atoms with E-state index < -0.39 is 44.6 Å². The zero-order chi connectivity index (χ0) is 15.9. The van der Waals surface area contributed by atoms with E-state index in [1.54, 1.807) is 0 Å². The second-order valence-corrected chi connectivity index (χ2v) is 3.19. The third-order valence-corrected chi connectivity index (χ3v) is 1.32. The number of hydrogen-bond donors (Lipinski definition) is 0. The molecule has 0 aliphatic carbocycles. The number of nitrogens with zero attached hydrogens (tertiary/aromatic N) is 4. The number of quaternary nitrogens is 1. The van der Waals surface area contributed by atoms with E-state index in [-0.39, 0.29) is 0 Å². The first-order chi connectivity index (χ1) is 8.39. The van der Waals surface area contributed by atoms with Gasteiger partial charge < -0.3 is 4.74 Å². The second kappa shape index (κ2) is 8.64. The molecule has 0 atom stereocenters. The van der Waals surface area contributed by atoms with Crippen molar-refractivity contribution in [3.05, 3.63) is 0 Å². The van der Waals surface area contributed by atoms with Gasteiger partial charge in [-0.25, -0.2) is 18.6 Å². The van der Waals surface area contributed by atoms with Crippen molar-refractivity contribution in [1.82, 2.24) is 16.4 Å². The summed E-state index contributed by atoms with van der Waals surface area (Å²) in [6.07, 6.45) is 0. The van der Waals surface area contributed by atoms with E-state index in [0.29, 0.717) is 0 Å². The Morgan fingerprint density at radius 2 is 1.16 bits per heavy atom. The highest BCUT2D eigenvalue weighted by atomic mass is 35.7. The van der Waals surface area contributed by atoms with Crippen molar-refractivity contribution in [2.24, 2.45) is 0 Å². The summed E-state index contributed by atoms with van der Waals surface area (Å²) < 4.78 is 109. The number of hydrogen-bond acceptors (Lipinski definition) is 8. The van der Waals surface area contributed by atoms with E-state index in [2.05, 4.69) is 4.74 Å². The van der Waals surface area contributed by atoms with Gasteiger partial charge in [0, 0.05) is 7.11 Å². The molecule has 0 rings (SSSR count). The van der Waals surface area contributed by atoms with E-state index in [1.807, 2.05) is 0 Å². The largest absolute Gasteiger partial charge is 0.379 e. The molecular weight excluding hydrogens is 321 g/mol. The number of halogens is 7. The van der Waals surface area contributed by atoms with E-state index in [1.165, 1.54) is 0 Å². The van der Waals surface area contributed by atoms with Crippen LogP contribution in [0.1, 0.15) is 0 Å². The average molecular weight is 329 g/mol. The Bertz CT molecular complexity index is 216. The first kappa shape index (κ1) is 20.8. The van der Waals surface area contributed by atoms with Crippen LogP contribution in [0.15, 0.2) is 0 Å². The molecule has 0 amide bonds. The summed E-state index contributed by atoms with van der Waals surface area (Å²) in [5.41, 5.74) is -7.04. The summed E-state index contributed by atoms with van der Waals surface area (Å²) in [5.74, 6) is 0. The Balaban J connectivity index is 0. The van der Waals surface area contributed by atoms with Crippen molar-refractivity contribution < 1.29 is 65.3 Å². The first-order valence-corrected chi connectivity index (χ1v) is 4.98. The van der Waals surface area contributed by atoms with E-state index in [0.717, 1.165) is 7.11 Å².